The summed E-state index contributed by atoms with van der Waals surface area (Å²) in [6.07, 6.45) is 0. The third kappa shape index (κ3) is 3.18. The van der Waals surface area contributed by atoms with E-state index in [-0.39, 0.29) is 5.84 Å². The average Bonchev–Trinajstić information content (AvgIpc) is 3.31. The van der Waals surface area contributed by atoms with E-state index in [2.05, 4.69) is 78.9 Å². The second-order valence-corrected chi connectivity index (χ2v) is 9.21. The molecule has 1 heterocycles. The molecule has 0 aliphatic carbocycles. The Morgan fingerprint density at radius 3 is 2.03 bits per heavy atom. The first-order valence-electron chi connectivity index (χ1n) is 12.0. The quantitative estimate of drug-likeness (QED) is 0.157. The molecule has 0 unspecified atom stereocenters. The number of nitrogens with two attached hydrogens (primary N) is 1. The molecule has 0 spiro atoms. The third-order valence-electron chi connectivity index (χ3n) is 7.08. The first kappa shape index (κ1) is 20.5. The molecule has 36 heavy (non-hydrogen) atoms. The molecule has 0 saturated carbocycles. The lowest BCUT2D eigenvalue weighted by molar-refractivity contribution is 0.669. The molecule has 0 atom stereocenters. The van der Waals surface area contributed by atoms with Gasteiger partial charge in [-0.05, 0) is 68.1 Å². The summed E-state index contributed by atoms with van der Waals surface area (Å²) in [7, 11) is 0. The summed E-state index contributed by atoms with van der Waals surface area (Å²) >= 11 is 0. The van der Waals surface area contributed by atoms with Gasteiger partial charge in [0.2, 0.25) is 0 Å². The van der Waals surface area contributed by atoms with Crippen molar-refractivity contribution in [3.05, 3.63) is 121 Å². The van der Waals surface area contributed by atoms with Crippen LogP contribution in [-0.4, -0.2) is 5.84 Å². The highest BCUT2D eigenvalue weighted by Crippen LogP contribution is 2.39. The number of furan rings is 1. The summed E-state index contributed by atoms with van der Waals surface area (Å²) in [6, 6.07) is 40.0. The lowest BCUT2D eigenvalue weighted by atomic mass is 9.95. The maximum absolute atomic E-state index is 7.69. The number of rotatable bonds is 3. The Hall–Kier alpha value is -4.89. The van der Waals surface area contributed by atoms with Crippen molar-refractivity contribution in [3.63, 3.8) is 0 Å². The maximum Gasteiger partial charge on any atom is 0.136 e. The lowest BCUT2D eigenvalue weighted by Crippen LogP contribution is -2.10. The Kier molecular flexibility index (Phi) is 4.45. The van der Waals surface area contributed by atoms with Crippen LogP contribution in [0.3, 0.4) is 0 Å². The monoisotopic (exact) mass is 462 g/mol. The van der Waals surface area contributed by atoms with Gasteiger partial charge in [0.15, 0.2) is 0 Å². The normalized spacial score (nSPS) is 11.6. The molecule has 3 heteroatoms. The molecule has 7 aromatic rings. The number of hydrogen-bond donors (Lipinski definition) is 2. The summed E-state index contributed by atoms with van der Waals surface area (Å²) in [4.78, 5) is 0. The van der Waals surface area contributed by atoms with Crippen molar-refractivity contribution < 1.29 is 4.42 Å². The summed E-state index contributed by atoms with van der Waals surface area (Å²) < 4.78 is 6.24. The number of hydrogen-bond acceptors (Lipinski definition) is 2. The Labute approximate surface area is 207 Å². The minimum Gasteiger partial charge on any atom is -0.456 e. The molecule has 0 saturated heterocycles. The Bertz CT molecular complexity index is 1960. The molecule has 0 aliphatic heterocycles. The van der Waals surface area contributed by atoms with E-state index < -0.39 is 0 Å². The van der Waals surface area contributed by atoms with E-state index in [1.54, 1.807) is 0 Å². The van der Waals surface area contributed by atoms with Crippen LogP contribution < -0.4 is 5.73 Å². The van der Waals surface area contributed by atoms with Gasteiger partial charge in [0.25, 0.3) is 0 Å². The van der Waals surface area contributed by atoms with Crippen LogP contribution in [0.15, 0.2) is 120 Å². The maximum atomic E-state index is 7.69. The third-order valence-corrected chi connectivity index (χ3v) is 7.08. The van der Waals surface area contributed by atoms with Crippen molar-refractivity contribution in [2.24, 2.45) is 5.73 Å². The number of amidine groups is 1. The van der Waals surface area contributed by atoms with Crippen molar-refractivity contribution in [3.8, 4) is 22.3 Å². The van der Waals surface area contributed by atoms with E-state index in [0.717, 1.165) is 38.6 Å². The predicted molar refractivity (Wildman–Crippen MR) is 151 cm³/mol. The molecule has 0 fully saturated rings. The van der Waals surface area contributed by atoms with Gasteiger partial charge in [0.05, 0.1) is 0 Å². The fourth-order valence-electron chi connectivity index (χ4n) is 5.26. The zero-order valence-electron chi connectivity index (χ0n) is 19.5. The molecule has 170 valence electrons. The molecule has 0 radical (unpaired) electrons. The van der Waals surface area contributed by atoms with E-state index in [1.807, 2.05) is 36.4 Å². The van der Waals surface area contributed by atoms with Crippen LogP contribution in [0.25, 0.3) is 65.7 Å². The van der Waals surface area contributed by atoms with Gasteiger partial charge >= 0.3 is 0 Å². The molecule has 0 bridgehead atoms. The Morgan fingerprint density at radius 1 is 0.556 bits per heavy atom. The average molecular weight is 463 g/mol. The largest absolute Gasteiger partial charge is 0.456 e. The molecule has 0 amide bonds. The summed E-state index contributed by atoms with van der Waals surface area (Å²) in [6.45, 7) is 0. The molecular weight excluding hydrogens is 440 g/mol. The van der Waals surface area contributed by atoms with E-state index in [0.29, 0.717) is 5.56 Å². The van der Waals surface area contributed by atoms with E-state index in [1.165, 1.54) is 27.1 Å². The fraction of sp³-hybridized carbons (Fsp3) is 0. The number of nitrogen functional groups attached to an aromatic ring is 1. The minimum absolute atomic E-state index is 0.0707. The van der Waals surface area contributed by atoms with Crippen LogP contribution in [0.5, 0.6) is 0 Å². The second kappa shape index (κ2) is 7.82. The van der Waals surface area contributed by atoms with Crippen LogP contribution in [0, 0.1) is 5.41 Å². The van der Waals surface area contributed by atoms with Crippen LogP contribution in [0.2, 0.25) is 0 Å². The molecule has 3 nitrogen and oxygen atoms in total. The number of benzene rings is 6. The topological polar surface area (TPSA) is 63.0 Å². The molecule has 7 rings (SSSR count). The summed E-state index contributed by atoms with van der Waals surface area (Å²) in [5.41, 5.74) is 12.6. The van der Waals surface area contributed by atoms with Gasteiger partial charge < -0.3 is 10.2 Å². The number of fused-ring (bicyclic) bond motifs is 6. The van der Waals surface area contributed by atoms with Crippen LogP contribution >= 0.6 is 0 Å². The lowest BCUT2D eigenvalue weighted by Gasteiger charge is -2.08. The van der Waals surface area contributed by atoms with Gasteiger partial charge in [-0.15, -0.1) is 0 Å². The van der Waals surface area contributed by atoms with E-state index >= 15 is 0 Å². The van der Waals surface area contributed by atoms with Crippen LogP contribution in [-0.2, 0) is 0 Å². The predicted octanol–water partition coefficient (Wildman–Crippen LogP) is 8.51. The van der Waals surface area contributed by atoms with Crippen LogP contribution in [0.1, 0.15) is 5.56 Å². The summed E-state index contributed by atoms with van der Waals surface area (Å²) in [5, 5.41) is 14.9. The molecule has 3 N–H and O–H groups in total. The van der Waals surface area contributed by atoms with Gasteiger partial charge in [0, 0.05) is 16.3 Å². The van der Waals surface area contributed by atoms with Crippen LogP contribution in [0.4, 0.5) is 0 Å². The standard InChI is InChI=1S/C33H22N2O/c34-33(35)23-13-10-21(11-14-23)27-6-3-7-31-32(27)29-19-25(16-17-30(29)36-31)24-15-12-22-9-8-20-4-1-2-5-26(20)28(22)18-24/h1-19H,(H3,34,35). The molecule has 0 aliphatic rings. The van der Waals surface area contributed by atoms with Gasteiger partial charge in [-0.3, -0.25) is 5.41 Å². The smallest absolute Gasteiger partial charge is 0.136 e. The Morgan fingerprint density at radius 2 is 1.22 bits per heavy atom. The van der Waals surface area contributed by atoms with Crippen molar-refractivity contribution in [2.45, 2.75) is 0 Å². The molecular formula is C33H22N2O. The zero-order valence-corrected chi connectivity index (χ0v) is 19.5. The van der Waals surface area contributed by atoms with Crippen molar-refractivity contribution in [2.75, 3.05) is 0 Å². The number of nitrogens with one attached hydrogen (secondary N) is 1. The Balaban J connectivity index is 1.43. The zero-order chi connectivity index (χ0) is 24.2. The first-order chi connectivity index (χ1) is 17.7. The van der Waals surface area contributed by atoms with Gasteiger partial charge in [-0.25, -0.2) is 0 Å². The summed E-state index contributed by atoms with van der Waals surface area (Å²) in [5.74, 6) is 0.0707. The minimum atomic E-state index is 0.0707. The van der Waals surface area contributed by atoms with Crippen molar-refractivity contribution in [1.29, 1.82) is 5.41 Å². The van der Waals surface area contributed by atoms with Crippen molar-refractivity contribution in [1.82, 2.24) is 0 Å². The van der Waals surface area contributed by atoms with E-state index in [9.17, 15) is 0 Å². The first-order valence-corrected chi connectivity index (χ1v) is 12.0. The fourth-order valence-corrected chi connectivity index (χ4v) is 5.26. The SMILES string of the molecule is N=C(N)c1ccc(-c2cccc3oc4ccc(-c5ccc6ccc7ccccc7c6c5)cc4c23)cc1. The highest BCUT2D eigenvalue weighted by atomic mass is 16.3. The van der Waals surface area contributed by atoms with Crippen molar-refractivity contribution >= 4 is 49.3 Å². The second-order valence-electron chi connectivity index (χ2n) is 9.21. The highest BCUT2D eigenvalue weighted by Gasteiger charge is 2.14. The molecule has 6 aromatic carbocycles. The van der Waals surface area contributed by atoms with Gasteiger partial charge in [0.1, 0.15) is 17.0 Å². The molecule has 1 aromatic heterocycles. The van der Waals surface area contributed by atoms with E-state index in [4.69, 9.17) is 15.6 Å². The van der Waals surface area contributed by atoms with Gasteiger partial charge in [-0.2, -0.15) is 0 Å². The van der Waals surface area contributed by atoms with Gasteiger partial charge in [-0.1, -0.05) is 91.0 Å². The highest BCUT2D eigenvalue weighted by molar-refractivity contribution is 6.14.